The number of nitrogens with one attached hydrogen (secondary N) is 1. The van der Waals surface area contributed by atoms with Gasteiger partial charge in [0, 0.05) is 17.8 Å². The molecule has 0 aromatic carbocycles. The normalized spacial score (nSPS) is 25.6. The van der Waals surface area contributed by atoms with Crippen molar-refractivity contribution in [1.82, 2.24) is 5.32 Å². The number of alkyl halides is 1. The quantitative estimate of drug-likeness (QED) is 0.705. The zero-order valence-electron chi connectivity index (χ0n) is 9.27. The molecule has 0 radical (unpaired) electrons. The molecule has 2 atom stereocenters. The molecule has 1 aliphatic rings. The predicted molar refractivity (Wildman–Crippen MR) is 59.4 cm³/mol. The molecule has 0 aromatic rings. The van der Waals surface area contributed by atoms with E-state index in [2.05, 4.69) is 19.2 Å². The molecule has 2 nitrogen and oxygen atoms in total. The molecule has 3 heteroatoms. The average Bonchev–Trinajstić information content (AvgIpc) is 2.72. The Morgan fingerprint density at radius 3 is 2.64 bits per heavy atom. The van der Waals surface area contributed by atoms with Crippen molar-refractivity contribution in [2.24, 2.45) is 11.3 Å². The largest absolute Gasteiger partial charge is 0.353 e. The number of amides is 1. The highest BCUT2D eigenvalue weighted by Crippen LogP contribution is 2.51. The molecule has 1 rings (SSSR count). The van der Waals surface area contributed by atoms with Gasteiger partial charge in [0.1, 0.15) is 0 Å². The minimum Gasteiger partial charge on any atom is -0.353 e. The molecule has 1 fully saturated rings. The molecular formula is C11H20ClNO. The van der Waals surface area contributed by atoms with Gasteiger partial charge in [-0.3, -0.25) is 4.79 Å². The van der Waals surface area contributed by atoms with Crippen molar-refractivity contribution in [1.29, 1.82) is 0 Å². The second kappa shape index (κ2) is 4.52. The second-order valence-electron chi connectivity index (χ2n) is 4.99. The van der Waals surface area contributed by atoms with Crippen LogP contribution < -0.4 is 5.32 Å². The maximum Gasteiger partial charge on any atom is 0.223 e. The Morgan fingerprint density at radius 2 is 2.21 bits per heavy atom. The van der Waals surface area contributed by atoms with Gasteiger partial charge in [-0.1, -0.05) is 13.8 Å². The molecule has 0 saturated heterocycles. The van der Waals surface area contributed by atoms with Gasteiger partial charge in [0.25, 0.3) is 0 Å². The molecule has 1 aliphatic carbocycles. The van der Waals surface area contributed by atoms with Crippen LogP contribution >= 0.6 is 11.6 Å². The monoisotopic (exact) mass is 217 g/mol. The Labute approximate surface area is 91.4 Å². The van der Waals surface area contributed by atoms with Crippen molar-refractivity contribution in [3.05, 3.63) is 0 Å². The van der Waals surface area contributed by atoms with E-state index in [9.17, 15) is 4.79 Å². The van der Waals surface area contributed by atoms with Gasteiger partial charge in [-0.05, 0) is 31.6 Å². The molecule has 0 aromatic heterocycles. The number of carbonyl (C=O) groups is 1. The van der Waals surface area contributed by atoms with Crippen LogP contribution in [-0.2, 0) is 4.79 Å². The first-order valence-electron chi connectivity index (χ1n) is 5.33. The average molecular weight is 218 g/mol. The van der Waals surface area contributed by atoms with Crippen LogP contribution in [0, 0.1) is 11.3 Å². The maximum atomic E-state index is 11.7. The van der Waals surface area contributed by atoms with E-state index < -0.39 is 0 Å². The fourth-order valence-electron chi connectivity index (χ4n) is 1.71. The molecular weight excluding hydrogens is 198 g/mol. The highest BCUT2D eigenvalue weighted by molar-refractivity contribution is 6.17. The lowest BCUT2D eigenvalue weighted by molar-refractivity contribution is -0.123. The standard InChI is InChI=1S/C11H20ClNO/c1-8(5-4-6-12)13-10(14)9-7-11(9,2)3/h8-9H,4-7H2,1-3H3,(H,13,14). The summed E-state index contributed by atoms with van der Waals surface area (Å²) in [6.45, 7) is 6.32. The lowest BCUT2D eigenvalue weighted by atomic mass is 10.1. The molecule has 0 aliphatic heterocycles. The van der Waals surface area contributed by atoms with Crippen LogP contribution in [0.5, 0.6) is 0 Å². The summed E-state index contributed by atoms with van der Waals surface area (Å²) in [5.41, 5.74) is 0.232. The summed E-state index contributed by atoms with van der Waals surface area (Å²) in [6, 6.07) is 0.262. The van der Waals surface area contributed by atoms with Crippen molar-refractivity contribution >= 4 is 17.5 Å². The van der Waals surface area contributed by atoms with E-state index in [-0.39, 0.29) is 23.3 Å². The van der Waals surface area contributed by atoms with Crippen molar-refractivity contribution in [3.8, 4) is 0 Å². The Kier molecular flexibility index (Phi) is 3.82. The van der Waals surface area contributed by atoms with Gasteiger partial charge in [-0.2, -0.15) is 0 Å². The SMILES string of the molecule is CC(CCCCl)NC(=O)C1CC1(C)C. The third-order valence-electron chi connectivity index (χ3n) is 2.99. The van der Waals surface area contributed by atoms with Crippen molar-refractivity contribution in [2.75, 3.05) is 5.88 Å². The molecule has 14 heavy (non-hydrogen) atoms. The Morgan fingerprint density at radius 1 is 1.64 bits per heavy atom. The number of carbonyl (C=O) groups excluding carboxylic acids is 1. The Balaban J connectivity index is 2.21. The van der Waals surface area contributed by atoms with Gasteiger partial charge in [0.05, 0.1) is 0 Å². The van der Waals surface area contributed by atoms with Gasteiger partial charge in [-0.15, -0.1) is 11.6 Å². The summed E-state index contributed by atoms with van der Waals surface area (Å²) < 4.78 is 0. The van der Waals surface area contributed by atoms with Crippen LogP contribution in [0.1, 0.15) is 40.0 Å². The summed E-state index contributed by atoms with van der Waals surface area (Å²) in [6.07, 6.45) is 2.97. The van der Waals surface area contributed by atoms with E-state index in [1.807, 2.05) is 6.92 Å². The van der Waals surface area contributed by atoms with Crippen molar-refractivity contribution in [2.45, 2.75) is 46.1 Å². The first-order valence-corrected chi connectivity index (χ1v) is 5.87. The zero-order chi connectivity index (χ0) is 10.8. The molecule has 2 unspecified atom stereocenters. The highest BCUT2D eigenvalue weighted by atomic mass is 35.5. The first kappa shape index (κ1) is 11.8. The van der Waals surface area contributed by atoms with Crippen molar-refractivity contribution in [3.63, 3.8) is 0 Å². The van der Waals surface area contributed by atoms with E-state index in [1.54, 1.807) is 0 Å². The van der Waals surface area contributed by atoms with Gasteiger partial charge in [-0.25, -0.2) is 0 Å². The van der Waals surface area contributed by atoms with E-state index in [4.69, 9.17) is 11.6 Å². The Hall–Kier alpha value is -0.240. The Bertz CT molecular complexity index is 215. The topological polar surface area (TPSA) is 29.1 Å². The predicted octanol–water partition coefficient (Wildman–Crippen LogP) is 2.56. The number of hydrogen-bond acceptors (Lipinski definition) is 1. The lowest BCUT2D eigenvalue weighted by Gasteiger charge is -2.13. The lowest BCUT2D eigenvalue weighted by Crippen LogP contribution is -2.34. The van der Waals surface area contributed by atoms with E-state index in [0.717, 1.165) is 19.3 Å². The second-order valence-corrected chi connectivity index (χ2v) is 5.36. The number of hydrogen-bond donors (Lipinski definition) is 1. The van der Waals surface area contributed by atoms with Crippen LogP contribution in [0.15, 0.2) is 0 Å². The van der Waals surface area contributed by atoms with E-state index in [0.29, 0.717) is 5.88 Å². The minimum atomic E-state index is 0.220. The van der Waals surface area contributed by atoms with Crippen LogP contribution in [0.25, 0.3) is 0 Å². The number of rotatable bonds is 5. The van der Waals surface area contributed by atoms with Crippen LogP contribution in [-0.4, -0.2) is 17.8 Å². The van der Waals surface area contributed by atoms with Gasteiger partial charge in [0.2, 0.25) is 5.91 Å². The molecule has 82 valence electrons. The fraction of sp³-hybridized carbons (Fsp3) is 0.909. The zero-order valence-corrected chi connectivity index (χ0v) is 10.0. The van der Waals surface area contributed by atoms with Crippen LogP contribution in [0.3, 0.4) is 0 Å². The molecule has 0 bridgehead atoms. The van der Waals surface area contributed by atoms with Crippen molar-refractivity contribution < 1.29 is 4.79 Å². The maximum absolute atomic E-state index is 11.7. The summed E-state index contributed by atoms with van der Waals surface area (Å²) in [7, 11) is 0. The summed E-state index contributed by atoms with van der Waals surface area (Å²) in [5.74, 6) is 1.13. The third kappa shape index (κ3) is 3.16. The van der Waals surface area contributed by atoms with Gasteiger partial charge >= 0.3 is 0 Å². The number of halogens is 1. The van der Waals surface area contributed by atoms with Crippen LogP contribution in [0.2, 0.25) is 0 Å². The molecule has 1 N–H and O–H groups in total. The molecule has 0 spiro atoms. The highest BCUT2D eigenvalue weighted by Gasteiger charge is 2.50. The summed E-state index contributed by atoms with van der Waals surface area (Å²) in [5, 5.41) is 3.03. The van der Waals surface area contributed by atoms with E-state index >= 15 is 0 Å². The van der Waals surface area contributed by atoms with Gasteiger partial charge in [0.15, 0.2) is 0 Å². The molecule has 0 heterocycles. The summed E-state index contributed by atoms with van der Waals surface area (Å²) in [4.78, 5) is 11.7. The van der Waals surface area contributed by atoms with E-state index in [1.165, 1.54) is 0 Å². The molecule has 1 amide bonds. The smallest absolute Gasteiger partial charge is 0.223 e. The minimum absolute atomic E-state index is 0.220. The summed E-state index contributed by atoms with van der Waals surface area (Å²) >= 11 is 5.59. The third-order valence-corrected chi connectivity index (χ3v) is 3.26. The molecule has 1 saturated carbocycles. The first-order chi connectivity index (χ1) is 6.47. The van der Waals surface area contributed by atoms with Gasteiger partial charge < -0.3 is 5.32 Å². The van der Waals surface area contributed by atoms with Crippen LogP contribution in [0.4, 0.5) is 0 Å². The fourth-order valence-corrected chi connectivity index (χ4v) is 1.87.